The van der Waals surface area contributed by atoms with Crippen molar-refractivity contribution in [2.45, 2.75) is 45.3 Å². The first kappa shape index (κ1) is 36.1. The Labute approximate surface area is 334 Å². The zero-order chi connectivity index (χ0) is 36.7. The van der Waals surface area contributed by atoms with Crippen molar-refractivity contribution in [2.75, 3.05) is 0 Å². The molecule has 0 saturated heterocycles. The zero-order valence-electron chi connectivity index (χ0n) is 27.3. The van der Waals surface area contributed by atoms with Crippen LogP contribution in [0.2, 0.25) is 0 Å². The molecule has 1 aliphatic carbocycles. The lowest BCUT2D eigenvalue weighted by Crippen LogP contribution is -2.24. The van der Waals surface area contributed by atoms with E-state index in [1.165, 1.54) is 41.4 Å². The lowest BCUT2D eigenvalue weighted by molar-refractivity contribution is -0.137. The summed E-state index contributed by atoms with van der Waals surface area (Å²) in [7, 11) is 0. The molecular weight excluding hydrogens is 861 g/mol. The number of fused-ring (bicyclic) bond motifs is 3. The molecule has 0 aliphatic heterocycles. The molecule has 0 fully saturated rings. The highest BCUT2D eigenvalue weighted by atomic mass is 127. The molecule has 0 aromatic heterocycles. The molecule has 0 spiro atoms. The van der Waals surface area contributed by atoms with Crippen LogP contribution in [0, 0.1) is 3.57 Å². The highest BCUT2D eigenvalue weighted by Gasteiger charge is 2.38. The van der Waals surface area contributed by atoms with Crippen LogP contribution in [0.3, 0.4) is 0 Å². The maximum Gasteiger partial charge on any atom is 0.416 e. The Hall–Kier alpha value is -3.94. The summed E-state index contributed by atoms with van der Waals surface area (Å²) in [6.07, 6.45) is -4.53. The number of benzene rings is 7. The second-order valence-corrected chi connectivity index (χ2v) is 17.7. The molecule has 7 aromatic rings. The van der Waals surface area contributed by atoms with Gasteiger partial charge in [-0.3, -0.25) is 9.59 Å². The van der Waals surface area contributed by atoms with Crippen LogP contribution >= 0.6 is 69.6 Å². The first-order valence-corrected chi connectivity index (χ1v) is 20.6. The monoisotopic (exact) mass is 884 g/mol. The molecule has 0 amide bonds. The molecule has 0 radical (unpaired) electrons. The molecule has 0 N–H and O–H groups in total. The van der Waals surface area contributed by atoms with Gasteiger partial charge in [-0.1, -0.05) is 102 Å². The molecule has 2 nitrogen and oxygen atoms in total. The van der Waals surface area contributed by atoms with E-state index in [0.29, 0.717) is 35.6 Å². The Bertz CT molecular complexity index is 2560. The van der Waals surface area contributed by atoms with Gasteiger partial charge in [0, 0.05) is 65.0 Å². The molecule has 0 bridgehead atoms. The summed E-state index contributed by atoms with van der Waals surface area (Å²) >= 11 is 7.52. The smallest absolute Gasteiger partial charge is 0.288 e. The van der Waals surface area contributed by atoms with E-state index < -0.39 is 11.7 Å². The molecule has 0 atom stereocenters. The highest BCUT2D eigenvalue weighted by Crippen LogP contribution is 2.48. The fourth-order valence-corrected chi connectivity index (χ4v) is 10.4. The van der Waals surface area contributed by atoms with Crippen LogP contribution in [-0.4, -0.2) is 11.6 Å². The van der Waals surface area contributed by atoms with Crippen LogP contribution in [0.25, 0.3) is 10.8 Å². The van der Waals surface area contributed by atoms with Gasteiger partial charge in [0.25, 0.3) is 0 Å². The summed E-state index contributed by atoms with van der Waals surface area (Å²) in [5.74, 6) is -0.638. The first-order valence-electron chi connectivity index (χ1n) is 16.2. The van der Waals surface area contributed by atoms with E-state index in [-0.39, 0.29) is 22.7 Å². The maximum atomic E-state index is 15.2. The minimum atomic E-state index is -4.53. The topological polar surface area (TPSA) is 34.1 Å². The third kappa shape index (κ3) is 7.57. The van der Waals surface area contributed by atoms with Gasteiger partial charge in [-0.25, -0.2) is 0 Å². The molecule has 0 unspecified atom stereocenters. The number of carbonyl (C=O) groups excluding carboxylic acids is 2. The van der Waals surface area contributed by atoms with Gasteiger partial charge in [-0.15, -0.1) is 0 Å². The number of ketones is 2. The van der Waals surface area contributed by atoms with Gasteiger partial charge in [0.05, 0.1) is 5.56 Å². The fraction of sp³-hybridized carbons (Fsp3) is 0.0233. The van der Waals surface area contributed by atoms with E-state index in [1.54, 1.807) is 18.2 Å². The summed E-state index contributed by atoms with van der Waals surface area (Å²) < 4.78 is 42.3. The van der Waals surface area contributed by atoms with Crippen LogP contribution in [0.15, 0.2) is 185 Å². The Morgan fingerprint density at radius 3 is 1.40 bits per heavy atom. The molecule has 1 aliphatic rings. The number of alkyl halides is 3. The molecular formula is C43H24F3IO2S4. The highest BCUT2D eigenvalue weighted by molar-refractivity contribution is 14.1. The third-order valence-corrected chi connectivity index (χ3v) is 13.5. The van der Waals surface area contributed by atoms with Gasteiger partial charge < -0.3 is 0 Å². The summed E-state index contributed by atoms with van der Waals surface area (Å²) in [6.45, 7) is 0. The molecule has 0 saturated carbocycles. The Morgan fingerprint density at radius 2 is 0.849 bits per heavy atom. The zero-order valence-corrected chi connectivity index (χ0v) is 32.7. The SMILES string of the molecule is O=C1c2c(Sc3ccccc3)ccc(Sc3cccc(C(F)(F)F)c3)c2C(=O)c2c(Sc3ccc4ccccc4c3)ccc(Sc3ccc(I)cc3)c21. The minimum absolute atomic E-state index is 0.197. The van der Waals surface area contributed by atoms with E-state index in [9.17, 15) is 13.2 Å². The van der Waals surface area contributed by atoms with Crippen LogP contribution in [0.4, 0.5) is 13.2 Å². The standard InChI is InChI=1S/C43H24F3IO2S4/c44-43(45,46)27-9-6-12-31(24-27)52-35-21-19-33(50-29-10-2-1-3-11-29)37-39(35)42(49)40-36(53-32-16-13-25-7-4-5-8-26(25)23-32)22-20-34(38(40)41(37)48)51-30-17-14-28(47)15-18-30/h1-24H. The van der Waals surface area contributed by atoms with Gasteiger partial charge in [0.2, 0.25) is 0 Å². The van der Waals surface area contributed by atoms with Crippen molar-refractivity contribution >= 4 is 92.0 Å². The number of rotatable bonds is 8. The number of hydrogen-bond acceptors (Lipinski definition) is 6. The van der Waals surface area contributed by atoms with Gasteiger partial charge in [-0.05, 0) is 124 Å². The third-order valence-electron chi connectivity index (χ3n) is 8.52. The Morgan fingerprint density at radius 1 is 0.415 bits per heavy atom. The summed E-state index contributed by atoms with van der Waals surface area (Å²) in [4.78, 5) is 35.7. The summed E-state index contributed by atoms with van der Waals surface area (Å²) in [5, 5.41) is 2.13. The van der Waals surface area contributed by atoms with E-state index >= 15 is 9.59 Å². The van der Waals surface area contributed by atoms with Crippen molar-refractivity contribution < 1.29 is 22.8 Å². The molecule has 7 aromatic carbocycles. The number of carbonyl (C=O) groups is 2. The van der Waals surface area contributed by atoms with Gasteiger partial charge in [0.1, 0.15) is 0 Å². The molecule has 8 rings (SSSR count). The van der Waals surface area contributed by atoms with Gasteiger partial charge in [-0.2, -0.15) is 13.2 Å². The average Bonchev–Trinajstić information content (AvgIpc) is 3.16. The number of halogens is 4. The summed E-state index contributed by atoms with van der Waals surface area (Å²) in [5.41, 5.74) is 0.289. The molecule has 10 heteroatoms. The Balaban J connectivity index is 1.31. The van der Waals surface area contributed by atoms with Crippen molar-refractivity contribution in [1.29, 1.82) is 0 Å². The molecule has 260 valence electrons. The van der Waals surface area contributed by atoms with Crippen LogP contribution < -0.4 is 0 Å². The fourth-order valence-electron chi connectivity index (χ4n) is 6.09. The van der Waals surface area contributed by atoms with Gasteiger partial charge in [0.15, 0.2) is 11.6 Å². The summed E-state index contributed by atoms with van der Waals surface area (Å²) in [6, 6.07) is 44.0. The number of hydrogen-bond donors (Lipinski definition) is 0. The van der Waals surface area contributed by atoms with Crippen molar-refractivity contribution in [2.24, 2.45) is 0 Å². The van der Waals surface area contributed by atoms with Crippen LogP contribution in [0.1, 0.15) is 37.4 Å². The average molecular weight is 885 g/mol. The van der Waals surface area contributed by atoms with Crippen molar-refractivity contribution in [1.82, 2.24) is 0 Å². The predicted octanol–water partition coefficient (Wildman–Crippen LogP) is 13.8. The van der Waals surface area contributed by atoms with Crippen LogP contribution in [0.5, 0.6) is 0 Å². The largest absolute Gasteiger partial charge is 0.416 e. The minimum Gasteiger partial charge on any atom is -0.288 e. The second-order valence-electron chi connectivity index (χ2n) is 12.0. The van der Waals surface area contributed by atoms with Crippen molar-refractivity contribution in [3.8, 4) is 0 Å². The van der Waals surface area contributed by atoms with E-state index in [1.807, 2.05) is 103 Å². The van der Waals surface area contributed by atoms with Crippen molar-refractivity contribution in [3.63, 3.8) is 0 Å². The molecule has 53 heavy (non-hydrogen) atoms. The van der Waals surface area contributed by atoms with Crippen LogP contribution in [-0.2, 0) is 6.18 Å². The lowest BCUT2D eigenvalue weighted by atomic mass is 9.84. The quantitative estimate of drug-likeness (QED) is 0.141. The lowest BCUT2D eigenvalue weighted by Gasteiger charge is -2.26. The molecule has 0 heterocycles. The Kier molecular flexibility index (Phi) is 10.2. The van der Waals surface area contributed by atoms with E-state index in [0.717, 1.165) is 52.9 Å². The van der Waals surface area contributed by atoms with Crippen molar-refractivity contribution in [3.05, 3.63) is 177 Å². The predicted molar refractivity (Wildman–Crippen MR) is 217 cm³/mol. The maximum absolute atomic E-state index is 15.2. The normalized spacial score (nSPS) is 12.5. The second kappa shape index (κ2) is 15.1. The van der Waals surface area contributed by atoms with E-state index in [2.05, 4.69) is 28.7 Å². The van der Waals surface area contributed by atoms with Gasteiger partial charge >= 0.3 is 6.18 Å². The van der Waals surface area contributed by atoms with E-state index in [4.69, 9.17) is 0 Å². The first-order chi connectivity index (χ1) is 25.6.